The average Bonchev–Trinajstić information content (AvgIpc) is 2.64. The quantitative estimate of drug-likeness (QED) is 0.596. The van der Waals surface area contributed by atoms with Crippen molar-refractivity contribution < 1.29 is 4.79 Å². The Morgan fingerprint density at radius 2 is 2.16 bits per heavy atom. The van der Waals surface area contributed by atoms with Crippen LogP contribution in [0, 0.1) is 11.3 Å². The number of fused-ring (bicyclic) bond motifs is 1. The second-order valence-electron chi connectivity index (χ2n) is 6.59. The van der Waals surface area contributed by atoms with Crippen LogP contribution >= 0.6 is 0 Å². The van der Waals surface area contributed by atoms with E-state index in [0.29, 0.717) is 23.0 Å². The molecule has 25 heavy (non-hydrogen) atoms. The molecule has 5 heteroatoms. The minimum atomic E-state index is 0.421. The molecule has 1 unspecified atom stereocenters. The first-order valence-electron chi connectivity index (χ1n) is 8.94. The molecule has 1 aliphatic rings. The van der Waals surface area contributed by atoms with Crippen molar-refractivity contribution in [1.29, 1.82) is 5.41 Å². The highest BCUT2D eigenvalue weighted by Crippen LogP contribution is 2.25. The maximum absolute atomic E-state index is 11.5. The van der Waals surface area contributed by atoms with Gasteiger partial charge in [-0.15, -0.1) is 0 Å². The van der Waals surface area contributed by atoms with Crippen LogP contribution in [-0.4, -0.2) is 28.5 Å². The van der Waals surface area contributed by atoms with E-state index in [1.807, 2.05) is 30.5 Å². The summed E-state index contributed by atoms with van der Waals surface area (Å²) >= 11 is 0. The van der Waals surface area contributed by atoms with Gasteiger partial charge in [0.05, 0.1) is 22.9 Å². The topological polar surface area (TPSA) is 78.7 Å². The van der Waals surface area contributed by atoms with E-state index < -0.39 is 0 Å². The van der Waals surface area contributed by atoms with Crippen LogP contribution in [0.15, 0.2) is 36.7 Å². The summed E-state index contributed by atoms with van der Waals surface area (Å²) in [5, 5.41) is 10.9. The molecular weight excluding hydrogens is 312 g/mol. The maximum atomic E-state index is 11.5. The lowest BCUT2D eigenvalue weighted by Crippen LogP contribution is -2.17. The summed E-state index contributed by atoms with van der Waals surface area (Å²) in [6.45, 7) is 0.836. The number of aromatic nitrogens is 2. The molecule has 3 rings (SSSR count). The normalized spacial score (nSPS) is 18.3. The van der Waals surface area contributed by atoms with Crippen molar-refractivity contribution in [2.75, 3.05) is 6.54 Å². The summed E-state index contributed by atoms with van der Waals surface area (Å²) < 4.78 is 0. The lowest BCUT2D eigenvalue weighted by Gasteiger charge is -2.20. The molecular formula is C20H24N4O. The fourth-order valence-electron chi connectivity index (χ4n) is 3.32. The fraction of sp³-hybridized carbons (Fsp3) is 0.400. The monoisotopic (exact) mass is 336 g/mol. The van der Waals surface area contributed by atoms with E-state index in [1.165, 1.54) is 12.6 Å². The highest BCUT2D eigenvalue weighted by molar-refractivity contribution is 6.07. The van der Waals surface area contributed by atoms with Crippen LogP contribution in [0.4, 0.5) is 0 Å². The number of benzene rings is 1. The van der Waals surface area contributed by atoms with Crippen LogP contribution in [0.5, 0.6) is 0 Å². The zero-order valence-electron chi connectivity index (χ0n) is 14.4. The SMILES string of the molecule is N=C/C(=C\NCCCC1CCCC(=O)C1)c1cnc2ccccc2n1. The molecule has 0 spiro atoms. The highest BCUT2D eigenvalue weighted by atomic mass is 16.1. The van der Waals surface area contributed by atoms with Crippen molar-refractivity contribution in [3.8, 4) is 0 Å². The second-order valence-corrected chi connectivity index (χ2v) is 6.59. The van der Waals surface area contributed by atoms with Crippen LogP contribution in [0.2, 0.25) is 0 Å². The molecule has 5 nitrogen and oxygen atoms in total. The molecule has 2 aromatic rings. The number of ketones is 1. The summed E-state index contributed by atoms with van der Waals surface area (Å²) in [5.41, 5.74) is 3.09. The number of para-hydroxylation sites is 2. The van der Waals surface area contributed by atoms with Gasteiger partial charge in [-0.05, 0) is 43.7 Å². The largest absolute Gasteiger partial charge is 0.390 e. The van der Waals surface area contributed by atoms with E-state index in [-0.39, 0.29) is 0 Å². The summed E-state index contributed by atoms with van der Waals surface area (Å²) in [6.07, 6.45) is 10.7. The third-order valence-electron chi connectivity index (χ3n) is 4.68. The number of rotatable bonds is 7. The van der Waals surface area contributed by atoms with Crippen molar-refractivity contribution in [3.63, 3.8) is 0 Å². The number of nitrogens with one attached hydrogen (secondary N) is 2. The van der Waals surface area contributed by atoms with Gasteiger partial charge in [-0.1, -0.05) is 12.1 Å². The van der Waals surface area contributed by atoms with E-state index in [1.54, 1.807) is 6.20 Å². The summed E-state index contributed by atoms with van der Waals surface area (Å²) in [7, 11) is 0. The van der Waals surface area contributed by atoms with Crippen LogP contribution < -0.4 is 5.32 Å². The Balaban J connectivity index is 1.53. The zero-order valence-corrected chi connectivity index (χ0v) is 14.4. The lowest BCUT2D eigenvalue weighted by molar-refractivity contribution is -0.121. The predicted molar refractivity (Wildman–Crippen MR) is 101 cm³/mol. The third kappa shape index (κ3) is 4.72. The van der Waals surface area contributed by atoms with Crippen LogP contribution in [-0.2, 0) is 4.79 Å². The number of carbonyl (C=O) groups excluding carboxylic acids is 1. The molecule has 0 amide bonds. The third-order valence-corrected chi connectivity index (χ3v) is 4.68. The number of allylic oxidation sites excluding steroid dienone is 1. The standard InChI is InChI=1S/C20H24N4O/c21-12-16(20-14-23-18-8-1-2-9-19(18)24-20)13-22-10-4-6-15-5-3-7-17(25)11-15/h1-2,8-9,12-15,21-22H,3-7,10-11H2/b16-13+,21-12?. The van der Waals surface area contributed by atoms with Gasteiger partial charge in [0.25, 0.3) is 0 Å². The van der Waals surface area contributed by atoms with E-state index in [0.717, 1.165) is 49.7 Å². The molecule has 1 heterocycles. The smallest absolute Gasteiger partial charge is 0.133 e. The minimum absolute atomic E-state index is 0.421. The molecule has 0 bridgehead atoms. The molecule has 1 fully saturated rings. The Bertz CT molecular complexity index is 784. The molecule has 2 N–H and O–H groups in total. The van der Waals surface area contributed by atoms with E-state index in [9.17, 15) is 4.79 Å². The lowest BCUT2D eigenvalue weighted by atomic mass is 9.85. The van der Waals surface area contributed by atoms with E-state index in [4.69, 9.17) is 5.41 Å². The van der Waals surface area contributed by atoms with Gasteiger partial charge in [0.15, 0.2) is 0 Å². The average molecular weight is 336 g/mol. The maximum Gasteiger partial charge on any atom is 0.133 e. The number of hydrogen-bond acceptors (Lipinski definition) is 5. The Morgan fingerprint density at radius 3 is 2.96 bits per heavy atom. The minimum Gasteiger partial charge on any atom is -0.390 e. The predicted octanol–water partition coefficient (Wildman–Crippen LogP) is 3.75. The fourth-order valence-corrected chi connectivity index (χ4v) is 3.32. The molecule has 0 saturated heterocycles. The first-order chi connectivity index (χ1) is 12.3. The molecule has 0 aliphatic heterocycles. The number of carbonyl (C=O) groups is 1. The van der Waals surface area contributed by atoms with Gasteiger partial charge in [-0.25, -0.2) is 4.98 Å². The Kier molecular flexibility index (Phi) is 5.88. The van der Waals surface area contributed by atoms with Crippen LogP contribution in [0.1, 0.15) is 44.2 Å². The number of hydrogen-bond donors (Lipinski definition) is 2. The summed E-state index contributed by atoms with van der Waals surface area (Å²) in [6, 6.07) is 7.72. The first-order valence-corrected chi connectivity index (χ1v) is 8.94. The molecule has 1 atom stereocenters. The number of Topliss-reactive ketones (excluding diaryl/α,β-unsaturated/α-hetero) is 1. The Morgan fingerprint density at radius 1 is 1.32 bits per heavy atom. The van der Waals surface area contributed by atoms with Crippen molar-refractivity contribution in [3.05, 3.63) is 42.4 Å². The van der Waals surface area contributed by atoms with Gasteiger partial charge in [0.1, 0.15) is 5.78 Å². The number of nitrogens with zero attached hydrogens (tertiary/aromatic N) is 2. The van der Waals surface area contributed by atoms with Crippen molar-refractivity contribution in [2.24, 2.45) is 5.92 Å². The van der Waals surface area contributed by atoms with E-state index in [2.05, 4.69) is 15.3 Å². The van der Waals surface area contributed by atoms with Gasteiger partial charge in [0.2, 0.25) is 0 Å². The zero-order chi connectivity index (χ0) is 17.5. The molecule has 0 radical (unpaired) electrons. The highest BCUT2D eigenvalue weighted by Gasteiger charge is 2.18. The first kappa shape index (κ1) is 17.3. The van der Waals surface area contributed by atoms with Gasteiger partial charge < -0.3 is 10.7 Å². The van der Waals surface area contributed by atoms with Gasteiger partial charge >= 0.3 is 0 Å². The van der Waals surface area contributed by atoms with Crippen LogP contribution in [0.25, 0.3) is 16.6 Å². The summed E-state index contributed by atoms with van der Waals surface area (Å²) in [5.74, 6) is 0.977. The van der Waals surface area contributed by atoms with Gasteiger partial charge in [-0.3, -0.25) is 9.78 Å². The van der Waals surface area contributed by atoms with Gasteiger partial charge in [-0.2, -0.15) is 0 Å². The molecule has 1 aromatic carbocycles. The molecule has 130 valence electrons. The van der Waals surface area contributed by atoms with E-state index >= 15 is 0 Å². The molecule has 1 aromatic heterocycles. The van der Waals surface area contributed by atoms with Crippen molar-refractivity contribution in [1.82, 2.24) is 15.3 Å². The van der Waals surface area contributed by atoms with Gasteiger partial charge in [0, 0.05) is 37.4 Å². The second kappa shape index (κ2) is 8.51. The Labute approximate surface area is 148 Å². The summed E-state index contributed by atoms with van der Waals surface area (Å²) in [4.78, 5) is 20.4. The van der Waals surface area contributed by atoms with Crippen molar-refractivity contribution in [2.45, 2.75) is 38.5 Å². The molecule has 1 aliphatic carbocycles. The van der Waals surface area contributed by atoms with Crippen molar-refractivity contribution >= 4 is 28.6 Å². The van der Waals surface area contributed by atoms with Crippen LogP contribution in [0.3, 0.4) is 0 Å². The Hall–Kier alpha value is -2.56. The molecule has 1 saturated carbocycles.